The Hall–Kier alpha value is -2.29. The van der Waals surface area contributed by atoms with Crippen LogP contribution in [0.15, 0.2) is 42.5 Å². The van der Waals surface area contributed by atoms with Crippen LogP contribution >= 0.6 is 0 Å². The maximum Gasteiger partial charge on any atom is 0.251 e. The molecule has 0 fully saturated rings. The highest BCUT2D eigenvalue weighted by atomic mass is 16.5. The highest BCUT2D eigenvalue weighted by molar-refractivity contribution is 5.94. The second-order valence-corrected chi connectivity index (χ2v) is 5.06. The number of amides is 1. The van der Waals surface area contributed by atoms with Gasteiger partial charge in [-0.2, -0.15) is 0 Å². The van der Waals surface area contributed by atoms with Gasteiger partial charge in [-0.25, -0.2) is 0 Å². The van der Waals surface area contributed by atoms with Crippen molar-refractivity contribution in [2.45, 2.75) is 27.3 Å². The van der Waals surface area contributed by atoms with E-state index in [1.54, 1.807) is 0 Å². The van der Waals surface area contributed by atoms with Gasteiger partial charge in [0.1, 0.15) is 5.75 Å². The van der Waals surface area contributed by atoms with Crippen LogP contribution in [0, 0.1) is 13.8 Å². The molecule has 0 atom stereocenters. The summed E-state index contributed by atoms with van der Waals surface area (Å²) in [6.07, 6.45) is 0. The summed E-state index contributed by atoms with van der Waals surface area (Å²) in [5.74, 6) is 0.773. The first-order valence-electron chi connectivity index (χ1n) is 7.17. The first-order valence-corrected chi connectivity index (χ1v) is 7.17. The Morgan fingerprint density at radius 1 is 1.10 bits per heavy atom. The zero-order valence-electron chi connectivity index (χ0n) is 12.8. The molecular weight excluding hydrogens is 262 g/mol. The minimum Gasteiger partial charge on any atom is -0.494 e. The van der Waals surface area contributed by atoms with Crippen LogP contribution in [0.2, 0.25) is 0 Å². The van der Waals surface area contributed by atoms with Crippen molar-refractivity contribution in [1.82, 2.24) is 5.32 Å². The molecule has 0 saturated carbocycles. The third-order valence-electron chi connectivity index (χ3n) is 3.43. The predicted octanol–water partition coefficient (Wildman–Crippen LogP) is 3.63. The molecule has 0 aliphatic heterocycles. The van der Waals surface area contributed by atoms with E-state index < -0.39 is 0 Å². The van der Waals surface area contributed by atoms with Crippen LogP contribution in [0.5, 0.6) is 5.75 Å². The molecule has 0 bridgehead atoms. The van der Waals surface area contributed by atoms with Gasteiger partial charge in [0.25, 0.3) is 5.91 Å². The van der Waals surface area contributed by atoms with E-state index in [-0.39, 0.29) is 5.91 Å². The number of hydrogen-bond donors (Lipinski definition) is 1. The molecule has 3 nitrogen and oxygen atoms in total. The minimum absolute atomic E-state index is 0.0556. The van der Waals surface area contributed by atoms with Crippen LogP contribution < -0.4 is 10.1 Å². The summed E-state index contributed by atoms with van der Waals surface area (Å²) in [4.78, 5) is 12.1. The van der Waals surface area contributed by atoms with Gasteiger partial charge in [0.05, 0.1) is 6.61 Å². The molecule has 1 N–H and O–H groups in total. The summed E-state index contributed by atoms with van der Waals surface area (Å²) in [6.45, 7) is 7.13. The molecule has 0 unspecified atom stereocenters. The largest absolute Gasteiger partial charge is 0.494 e. The van der Waals surface area contributed by atoms with Crippen molar-refractivity contribution >= 4 is 5.91 Å². The summed E-state index contributed by atoms with van der Waals surface area (Å²) in [7, 11) is 0. The van der Waals surface area contributed by atoms with Gasteiger partial charge in [-0.15, -0.1) is 0 Å². The lowest BCUT2D eigenvalue weighted by molar-refractivity contribution is 0.0950. The van der Waals surface area contributed by atoms with E-state index in [1.165, 1.54) is 5.56 Å². The molecule has 2 aromatic rings. The second kappa shape index (κ2) is 6.93. The topological polar surface area (TPSA) is 38.3 Å². The minimum atomic E-state index is -0.0556. The maximum atomic E-state index is 12.1. The van der Waals surface area contributed by atoms with Gasteiger partial charge in [0.2, 0.25) is 0 Å². The molecule has 2 rings (SSSR count). The molecule has 3 heteroatoms. The second-order valence-electron chi connectivity index (χ2n) is 5.06. The molecule has 0 spiro atoms. The third kappa shape index (κ3) is 4.09. The standard InChI is InChI=1S/C18H21NO2/c1-4-21-17-7-5-6-15(11-17)12-19-18(20)16-9-8-13(2)14(3)10-16/h5-11H,4,12H2,1-3H3,(H,19,20). The number of benzene rings is 2. The van der Waals surface area contributed by atoms with Gasteiger partial charge in [-0.3, -0.25) is 4.79 Å². The Morgan fingerprint density at radius 3 is 2.62 bits per heavy atom. The molecule has 0 radical (unpaired) electrons. The average Bonchev–Trinajstić information content (AvgIpc) is 2.48. The van der Waals surface area contributed by atoms with Crippen LogP contribution in [-0.4, -0.2) is 12.5 Å². The highest BCUT2D eigenvalue weighted by Gasteiger charge is 2.06. The SMILES string of the molecule is CCOc1cccc(CNC(=O)c2ccc(C)c(C)c2)c1. The number of nitrogens with one attached hydrogen (secondary N) is 1. The van der Waals surface area contributed by atoms with Crippen molar-refractivity contribution in [3.8, 4) is 5.75 Å². The van der Waals surface area contributed by atoms with Crippen molar-refractivity contribution in [3.63, 3.8) is 0 Å². The van der Waals surface area contributed by atoms with Gasteiger partial charge < -0.3 is 10.1 Å². The zero-order valence-corrected chi connectivity index (χ0v) is 12.8. The molecule has 21 heavy (non-hydrogen) atoms. The van der Waals surface area contributed by atoms with E-state index in [0.717, 1.165) is 16.9 Å². The van der Waals surface area contributed by atoms with E-state index in [0.29, 0.717) is 18.7 Å². The molecule has 0 aliphatic rings. The van der Waals surface area contributed by atoms with E-state index >= 15 is 0 Å². The number of aryl methyl sites for hydroxylation is 2. The molecule has 1 amide bonds. The monoisotopic (exact) mass is 283 g/mol. The Labute approximate surface area is 126 Å². The molecule has 0 heterocycles. The summed E-state index contributed by atoms with van der Waals surface area (Å²) in [6, 6.07) is 13.5. The van der Waals surface area contributed by atoms with Gasteiger partial charge >= 0.3 is 0 Å². The van der Waals surface area contributed by atoms with Gasteiger partial charge in [0.15, 0.2) is 0 Å². The number of hydrogen-bond acceptors (Lipinski definition) is 2. The Kier molecular flexibility index (Phi) is 4.99. The Bertz CT molecular complexity index is 635. The summed E-state index contributed by atoms with van der Waals surface area (Å²) in [5.41, 5.74) is 4.04. The van der Waals surface area contributed by atoms with Crippen molar-refractivity contribution in [2.75, 3.05) is 6.61 Å². The quantitative estimate of drug-likeness (QED) is 0.910. The number of ether oxygens (including phenoxy) is 1. The van der Waals surface area contributed by atoms with E-state index in [2.05, 4.69) is 5.32 Å². The van der Waals surface area contributed by atoms with Crippen molar-refractivity contribution in [2.24, 2.45) is 0 Å². The fourth-order valence-corrected chi connectivity index (χ4v) is 2.08. The number of carbonyl (C=O) groups is 1. The van der Waals surface area contributed by atoms with Crippen LogP contribution in [0.25, 0.3) is 0 Å². The van der Waals surface area contributed by atoms with E-state index in [1.807, 2.05) is 63.2 Å². The van der Waals surface area contributed by atoms with E-state index in [4.69, 9.17) is 4.74 Å². The van der Waals surface area contributed by atoms with E-state index in [9.17, 15) is 4.79 Å². The van der Waals surface area contributed by atoms with Crippen LogP contribution in [0.3, 0.4) is 0 Å². The maximum absolute atomic E-state index is 12.1. The molecule has 0 aliphatic carbocycles. The van der Waals surface area contributed by atoms with Crippen molar-refractivity contribution in [1.29, 1.82) is 0 Å². The molecular formula is C18H21NO2. The highest BCUT2D eigenvalue weighted by Crippen LogP contribution is 2.14. The molecule has 0 saturated heterocycles. The van der Waals surface area contributed by atoms with Crippen molar-refractivity contribution in [3.05, 3.63) is 64.7 Å². The third-order valence-corrected chi connectivity index (χ3v) is 3.43. The fraction of sp³-hybridized carbons (Fsp3) is 0.278. The Balaban J connectivity index is 2.00. The average molecular weight is 283 g/mol. The summed E-state index contributed by atoms with van der Waals surface area (Å²) >= 11 is 0. The van der Waals surface area contributed by atoms with Gasteiger partial charge in [-0.05, 0) is 61.7 Å². The van der Waals surface area contributed by atoms with Crippen molar-refractivity contribution < 1.29 is 9.53 Å². The van der Waals surface area contributed by atoms with Crippen LogP contribution in [-0.2, 0) is 6.54 Å². The first kappa shape index (κ1) is 15.1. The van der Waals surface area contributed by atoms with Crippen LogP contribution in [0.4, 0.5) is 0 Å². The number of carbonyl (C=O) groups excluding carboxylic acids is 1. The smallest absolute Gasteiger partial charge is 0.251 e. The van der Waals surface area contributed by atoms with Gasteiger partial charge in [-0.1, -0.05) is 18.2 Å². The first-order chi connectivity index (χ1) is 10.1. The Morgan fingerprint density at radius 2 is 1.90 bits per heavy atom. The predicted molar refractivity (Wildman–Crippen MR) is 84.7 cm³/mol. The summed E-state index contributed by atoms with van der Waals surface area (Å²) < 4.78 is 5.45. The molecule has 2 aromatic carbocycles. The van der Waals surface area contributed by atoms with Crippen LogP contribution in [0.1, 0.15) is 34.0 Å². The zero-order chi connectivity index (χ0) is 15.2. The lowest BCUT2D eigenvalue weighted by Crippen LogP contribution is -2.22. The lowest BCUT2D eigenvalue weighted by Gasteiger charge is -2.09. The summed E-state index contributed by atoms with van der Waals surface area (Å²) in [5, 5.41) is 2.94. The normalized spacial score (nSPS) is 10.2. The molecule has 110 valence electrons. The number of rotatable bonds is 5. The van der Waals surface area contributed by atoms with Gasteiger partial charge in [0, 0.05) is 12.1 Å². The fourth-order valence-electron chi connectivity index (χ4n) is 2.08. The molecule has 0 aromatic heterocycles. The lowest BCUT2D eigenvalue weighted by atomic mass is 10.1.